The molecule has 1 atom stereocenters. The van der Waals surface area contributed by atoms with E-state index in [1.54, 1.807) is 0 Å². The van der Waals surface area contributed by atoms with Crippen molar-refractivity contribution in [3.63, 3.8) is 0 Å². The van der Waals surface area contributed by atoms with Gasteiger partial charge >= 0.3 is 0 Å². The summed E-state index contributed by atoms with van der Waals surface area (Å²) in [7, 11) is 2.04. The lowest BCUT2D eigenvalue weighted by atomic mass is 10.1. The molecule has 2 N–H and O–H groups in total. The Labute approximate surface area is 178 Å². The van der Waals surface area contributed by atoms with Crippen LogP contribution in [0.25, 0.3) is 22.6 Å². The largest absolute Gasteiger partial charge is 0.337 e. The Balaban J connectivity index is 1.50. The van der Waals surface area contributed by atoms with Crippen molar-refractivity contribution in [3.8, 4) is 11.5 Å². The van der Waals surface area contributed by atoms with Gasteiger partial charge in [0.1, 0.15) is 0 Å². The third kappa shape index (κ3) is 3.51. The fraction of sp³-hybridized carbons (Fsp3) is 0.455. The summed E-state index contributed by atoms with van der Waals surface area (Å²) in [5.41, 5.74) is 9.73. The first kappa shape index (κ1) is 18.9. The van der Waals surface area contributed by atoms with Gasteiger partial charge in [0.15, 0.2) is 5.82 Å². The summed E-state index contributed by atoms with van der Waals surface area (Å²) in [5, 5.41) is 0. The molecule has 7 heteroatoms. The number of hydrogen-bond acceptors (Lipinski definition) is 3. The van der Waals surface area contributed by atoms with Crippen molar-refractivity contribution < 1.29 is 4.79 Å². The van der Waals surface area contributed by atoms with Gasteiger partial charge in [0.2, 0.25) is 0 Å². The first-order valence-electron chi connectivity index (χ1n) is 10.4. The molecule has 1 saturated heterocycles. The average molecular weight is 456 g/mol. The quantitative estimate of drug-likeness (QED) is 0.650. The number of piperidine rings is 1. The van der Waals surface area contributed by atoms with Gasteiger partial charge in [0.05, 0.1) is 21.3 Å². The lowest BCUT2D eigenvalue weighted by Crippen LogP contribution is -2.45. The van der Waals surface area contributed by atoms with Crippen LogP contribution >= 0.6 is 15.9 Å². The highest BCUT2D eigenvalue weighted by molar-refractivity contribution is 9.10. The van der Waals surface area contributed by atoms with Crippen LogP contribution in [-0.4, -0.2) is 44.1 Å². The minimum absolute atomic E-state index is 0.0501. The zero-order valence-electron chi connectivity index (χ0n) is 16.6. The van der Waals surface area contributed by atoms with Crippen molar-refractivity contribution >= 4 is 32.9 Å². The molecule has 5 rings (SSSR count). The summed E-state index contributed by atoms with van der Waals surface area (Å²) in [6.45, 7) is 2.43. The normalized spacial score (nSPS) is 19.8. The zero-order valence-corrected chi connectivity index (χ0v) is 18.2. The molecule has 0 bridgehead atoms. The SMILES string of the molecule is Cn1c(-c2ccc(Br)n2CC2CC2)nc2cc(C(=O)N3CCC[C@@H](N)C3)ccc21. The number of halogens is 1. The number of nitrogens with two attached hydrogens (primary N) is 1. The molecule has 1 aliphatic heterocycles. The maximum atomic E-state index is 13.0. The number of rotatable bonds is 4. The lowest BCUT2D eigenvalue weighted by Gasteiger charge is -2.30. The van der Waals surface area contributed by atoms with Crippen LogP contribution in [0.2, 0.25) is 0 Å². The first-order chi connectivity index (χ1) is 14.0. The monoisotopic (exact) mass is 455 g/mol. The number of aryl methyl sites for hydroxylation is 1. The van der Waals surface area contributed by atoms with E-state index in [9.17, 15) is 4.79 Å². The molecule has 6 nitrogen and oxygen atoms in total. The van der Waals surface area contributed by atoms with E-state index >= 15 is 0 Å². The fourth-order valence-electron chi connectivity index (χ4n) is 4.32. The molecule has 0 spiro atoms. The number of carbonyl (C=O) groups is 1. The van der Waals surface area contributed by atoms with Crippen LogP contribution in [0.4, 0.5) is 0 Å². The van der Waals surface area contributed by atoms with Crippen LogP contribution in [0.5, 0.6) is 0 Å². The number of nitrogens with zero attached hydrogens (tertiary/aromatic N) is 4. The summed E-state index contributed by atoms with van der Waals surface area (Å²) in [5.74, 6) is 1.75. The van der Waals surface area contributed by atoms with Gasteiger partial charge in [-0.3, -0.25) is 4.79 Å². The van der Waals surface area contributed by atoms with Crippen LogP contribution in [0, 0.1) is 5.92 Å². The van der Waals surface area contributed by atoms with E-state index in [1.165, 1.54) is 12.8 Å². The smallest absolute Gasteiger partial charge is 0.253 e. The van der Waals surface area contributed by atoms with Crippen molar-refractivity contribution in [2.24, 2.45) is 18.7 Å². The molecule has 2 fully saturated rings. The molecule has 2 aromatic heterocycles. The summed E-state index contributed by atoms with van der Waals surface area (Å²) in [6, 6.07) is 10.1. The molecule has 3 heterocycles. The van der Waals surface area contributed by atoms with Crippen LogP contribution < -0.4 is 5.73 Å². The molecule has 1 amide bonds. The van der Waals surface area contributed by atoms with Crippen molar-refractivity contribution in [2.75, 3.05) is 13.1 Å². The first-order valence-corrected chi connectivity index (χ1v) is 11.2. The fourth-order valence-corrected chi connectivity index (χ4v) is 4.79. The maximum Gasteiger partial charge on any atom is 0.253 e. The summed E-state index contributed by atoms with van der Waals surface area (Å²) < 4.78 is 5.51. The molecule has 1 aliphatic carbocycles. The highest BCUT2D eigenvalue weighted by Gasteiger charge is 2.26. The van der Waals surface area contributed by atoms with Crippen molar-refractivity contribution in [2.45, 2.75) is 38.3 Å². The molecule has 0 radical (unpaired) electrons. The molecule has 1 aromatic carbocycles. The molecule has 2 aliphatic rings. The Morgan fingerprint density at radius 1 is 1.24 bits per heavy atom. The standard InChI is InChI=1S/C22H26BrN5O/c1-26-18-7-6-15(22(29)27-10-2-3-16(24)13-27)11-17(18)25-21(26)19-8-9-20(23)28(19)12-14-4-5-14/h6-9,11,14,16H,2-5,10,12-13,24H2,1H3/t16-/m1/s1. The van der Waals surface area contributed by atoms with Gasteiger partial charge < -0.3 is 19.8 Å². The molecular weight excluding hydrogens is 430 g/mol. The van der Waals surface area contributed by atoms with Gasteiger partial charge in [0, 0.05) is 38.3 Å². The summed E-state index contributed by atoms with van der Waals surface area (Å²) in [4.78, 5) is 19.7. The predicted octanol–water partition coefficient (Wildman–Crippen LogP) is 3.78. The number of amides is 1. The van der Waals surface area contributed by atoms with Crippen LogP contribution in [-0.2, 0) is 13.6 Å². The van der Waals surface area contributed by atoms with E-state index in [0.29, 0.717) is 12.1 Å². The second-order valence-electron chi connectivity index (χ2n) is 8.45. The number of likely N-dealkylation sites (tertiary alicyclic amines) is 1. The van der Waals surface area contributed by atoms with Gasteiger partial charge in [0.25, 0.3) is 5.91 Å². The minimum Gasteiger partial charge on any atom is -0.337 e. The van der Waals surface area contributed by atoms with Gasteiger partial charge in [-0.05, 0) is 77.9 Å². The molecular formula is C22H26BrN5O. The number of fused-ring (bicyclic) bond motifs is 1. The number of aromatic nitrogens is 3. The van der Waals surface area contributed by atoms with E-state index in [1.807, 2.05) is 30.1 Å². The van der Waals surface area contributed by atoms with E-state index in [0.717, 1.165) is 59.0 Å². The number of imidazole rings is 1. The van der Waals surface area contributed by atoms with Crippen molar-refractivity contribution in [1.29, 1.82) is 0 Å². The van der Waals surface area contributed by atoms with Crippen molar-refractivity contribution in [3.05, 3.63) is 40.5 Å². The predicted molar refractivity (Wildman–Crippen MR) is 118 cm³/mol. The number of hydrogen-bond donors (Lipinski definition) is 1. The Morgan fingerprint density at radius 2 is 2.07 bits per heavy atom. The molecule has 29 heavy (non-hydrogen) atoms. The van der Waals surface area contributed by atoms with E-state index in [2.05, 4.69) is 37.2 Å². The number of benzene rings is 1. The molecule has 152 valence electrons. The van der Waals surface area contributed by atoms with Crippen molar-refractivity contribution in [1.82, 2.24) is 19.0 Å². The molecule has 1 saturated carbocycles. The summed E-state index contributed by atoms with van der Waals surface area (Å²) in [6.07, 6.45) is 4.56. The summed E-state index contributed by atoms with van der Waals surface area (Å²) >= 11 is 3.68. The zero-order chi connectivity index (χ0) is 20.1. The molecule has 0 unspecified atom stereocenters. The second-order valence-corrected chi connectivity index (χ2v) is 9.26. The van der Waals surface area contributed by atoms with Crippen LogP contribution in [0.1, 0.15) is 36.0 Å². The lowest BCUT2D eigenvalue weighted by molar-refractivity contribution is 0.0709. The molecule has 3 aromatic rings. The van der Waals surface area contributed by atoms with E-state index in [4.69, 9.17) is 10.7 Å². The highest BCUT2D eigenvalue weighted by Crippen LogP contribution is 2.35. The van der Waals surface area contributed by atoms with Gasteiger partial charge in [-0.2, -0.15) is 0 Å². The van der Waals surface area contributed by atoms with Gasteiger partial charge in [-0.25, -0.2) is 4.98 Å². The third-order valence-electron chi connectivity index (χ3n) is 6.17. The van der Waals surface area contributed by atoms with E-state index in [-0.39, 0.29) is 11.9 Å². The van der Waals surface area contributed by atoms with E-state index < -0.39 is 0 Å². The Kier molecular flexibility index (Phi) is 4.75. The van der Waals surface area contributed by atoms with Gasteiger partial charge in [-0.15, -0.1) is 0 Å². The highest BCUT2D eigenvalue weighted by atomic mass is 79.9. The number of carbonyl (C=O) groups excluding carboxylic acids is 1. The van der Waals surface area contributed by atoms with Gasteiger partial charge in [-0.1, -0.05) is 0 Å². The average Bonchev–Trinajstić information content (AvgIpc) is 3.39. The Morgan fingerprint density at radius 3 is 2.83 bits per heavy atom. The van der Waals surface area contributed by atoms with Crippen LogP contribution in [0.3, 0.4) is 0 Å². The third-order valence-corrected chi connectivity index (χ3v) is 6.86. The Bertz CT molecular complexity index is 1080. The minimum atomic E-state index is 0.0501. The Hall–Kier alpha value is -2.12. The van der Waals surface area contributed by atoms with Crippen LogP contribution in [0.15, 0.2) is 34.9 Å². The second kappa shape index (κ2) is 7.29. The topological polar surface area (TPSA) is 69.1 Å². The maximum absolute atomic E-state index is 13.0.